The van der Waals surface area contributed by atoms with Gasteiger partial charge in [0.1, 0.15) is 0 Å². The van der Waals surface area contributed by atoms with Crippen LogP contribution in [-0.4, -0.2) is 18.0 Å². The zero-order valence-corrected chi connectivity index (χ0v) is 7.52. The zero-order chi connectivity index (χ0) is 11.8. The van der Waals surface area contributed by atoms with Crippen molar-refractivity contribution in [2.75, 3.05) is 6.61 Å². The highest BCUT2D eigenvalue weighted by atomic mass is 19.3. The van der Waals surface area contributed by atoms with E-state index in [2.05, 4.69) is 4.74 Å². The van der Waals surface area contributed by atoms with E-state index < -0.39 is 30.7 Å². The summed E-state index contributed by atoms with van der Waals surface area (Å²) in [5.74, 6) is -1.78. The molecule has 0 heterocycles. The number of halogens is 5. The van der Waals surface area contributed by atoms with E-state index in [-0.39, 0.29) is 13.0 Å². The molecular weight excluding hydrogens is 223 g/mol. The first kappa shape index (κ1) is 14.1. The highest BCUT2D eigenvalue weighted by molar-refractivity contribution is 4.91. The summed E-state index contributed by atoms with van der Waals surface area (Å²) in [5, 5.41) is 8.80. The maximum Gasteiger partial charge on any atom is 0.301 e. The van der Waals surface area contributed by atoms with Gasteiger partial charge in [-0.25, -0.2) is 4.39 Å². The average Bonchev–Trinajstić information content (AvgIpc) is 2.12. The predicted molar refractivity (Wildman–Crippen MR) is 41.8 cm³/mol. The third-order valence-corrected chi connectivity index (χ3v) is 1.29. The van der Waals surface area contributed by atoms with Crippen molar-refractivity contribution in [1.82, 2.24) is 0 Å². The van der Waals surface area contributed by atoms with Gasteiger partial charge < -0.3 is 9.84 Å². The molecule has 15 heavy (non-hydrogen) atoms. The molecule has 0 aliphatic heterocycles. The van der Waals surface area contributed by atoms with Crippen LogP contribution in [0.15, 0.2) is 24.1 Å². The largest absolute Gasteiger partial charge is 0.368 e. The monoisotopic (exact) mass is 232 g/mol. The Morgan fingerprint density at radius 2 is 1.80 bits per heavy atom. The topological polar surface area (TPSA) is 29.5 Å². The van der Waals surface area contributed by atoms with Crippen LogP contribution in [0.4, 0.5) is 22.0 Å². The maximum atomic E-state index is 12.2. The van der Waals surface area contributed by atoms with Gasteiger partial charge in [-0.05, 0) is 12.5 Å². The van der Waals surface area contributed by atoms with Gasteiger partial charge in [0.15, 0.2) is 12.1 Å². The van der Waals surface area contributed by atoms with E-state index in [4.69, 9.17) is 5.11 Å². The van der Waals surface area contributed by atoms with Gasteiger partial charge >= 0.3 is 6.08 Å². The van der Waals surface area contributed by atoms with Gasteiger partial charge in [-0.15, -0.1) is 0 Å². The molecular formula is C8H9F5O2. The number of aliphatic hydroxyl groups excluding tert-OH is 1. The molecule has 0 aromatic rings. The molecule has 0 amide bonds. The molecule has 2 nitrogen and oxygen atoms in total. The molecule has 0 saturated carbocycles. The van der Waals surface area contributed by atoms with Crippen LogP contribution in [0.1, 0.15) is 12.8 Å². The Hall–Kier alpha value is -0.950. The van der Waals surface area contributed by atoms with Crippen LogP contribution in [-0.2, 0) is 4.74 Å². The lowest BCUT2D eigenvalue weighted by Gasteiger charge is -2.08. The van der Waals surface area contributed by atoms with E-state index in [0.29, 0.717) is 6.08 Å². The number of rotatable bonds is 6. The number of aliphatic hydroxyl groups is 1. The van der Waals surface area contributed by atoms with Crippen molar-refractivity contribution in [2.24, 2.45) is 0 Å². The maximum absolute atomic E-state index is 12.2. The van der Waals surface area contributed by atoms with Gasteiger partial charge in [0.05, 0.1) is 13.0 Å². The third-order valence-electron chi connectivity index (χ3n) is 1.29. The van der Waals surface area contributed by atoms with Crippen LogP contribution in [0.25, 0.3) is 0 Å². The van der Waals surface area contributed by atoms with E-state index in [9.17, 15) is 22.0 Å². The standard InChI is InChI=1S/C8H9F5O2/c9-5(8(12)13)4-7(14)15-3-1-2-6(10)11/h2,7,14H,1,3-4H2. The Morgan fingerprint density at radius 3 is 2.27 bits per heavy atom. The van der Waals surface area contributed by atoms with Crippen LogP contribution in [0.2, 0.25) is 0 Å². The number of hydrogen-bond donors (Lipinski definition) is 1. The van der Waals surface area contributed by atoms with E-state index in [0.717, 1.165) is 0 Å². The summed E-state index contributed by atoms with van der Waals surface area (Å²) in [6.45, 7) is -0.306. The Morgan fingerprint density at radius 1 is 1.20 bits per heavy atom. The first-order valence-corrected chi connectivity index (χ1v) is 3.94. The van der Waals surface area contributed by atoms with E-state index in [1.54, 1.807) is 0 Å². The Balaban J connectivity index is 3.72. The summed E-state index contributed by atoms with van der Waals surface area (Å²) in [7, 11) is 0. The normalized spacial score (nSPS) is 12.1. The van der Waals surface area contributed by atoms with E-state index in [1.165, 1.54) is 0 Å². The fourth-order valence-electron chi connectivity index (χ4n) is 0.662. The fraction of sp³-hybridized carbons (Fsp3) is 0.500. The third kappa shape index (κ3) is 8.07. The predicted octanol–water partition coefficient (Wildman–Crippen LogP) is 2.96. The molecule has 0 bridgehead atoms. The molecule has 1 atom stereocenters. The molecule has 1 unspecified atom stereocenters. The Kier molecular flexibility index (Phi) is 6.89. The molecule has 0 aliphatic rings. The van der Waals surface area contributed by atoms with E-state index >= 15 is 0 Å². The summed E-state index contributed by atoms with van der Waals surface area (Å²) in [4.78, 5) is 0. The molecule has 0 fully saturated rings. The molecule has 0 radical (unpaired) electrons. The second-order valence-corrected chi connectivity index (χ2v) is 2.48. The second kappa shape index (κ2) is 7.36. The van der Waals surface area contributed by atoms with Crippen LogP contribution in [0.5, 0.6) is 0 Å². The van der Waals surface area contributed by atoms with E-state index in [1.807, 2.05) is 0 Å². The molecule has 0 aromatic heterocycles. The number of hydrogen-bond acceptors (Lipinski definition) is 2. The van der Waals surface area contributed by atoms with Gasteiger partial charge in [-0.3, -0.25) is 0 Å². The fourth-order valence-corrected chi connectivity index (χ4v) is 0.662. The van der Waals surface area contributed by atoms with Gasteiger partial charge in [0, 0.05) is 0 Å². The Labute approximate surface area is 82.7 Å². The minimum atomic E-state index is -2.53. The molecule has 0 rings (SSSR count). The van der Waals surface area contributed by atoms with Crippen molar-refractivity contribution in [3.63, 3.8) is 0 Å². The van der Waals surface area contributed by atoms with Crippen molar-refractivity contribution < 1.29 is 31.8 Å². The lowest BCUT2D eigenvalue weighted by Crippen LogP contribution is -2.12. The quantitative estimate of drug-likeness (QED) is 0.433. The molecule has 0 spiro atoms. The average molecular weight is 232 g/mol. The summed E-state index contributed by atoms with van der Waals surface area (Å²) in [6.07, 6.45) is -6.86. The molecule has 88 valence electrons. The van der Waals surface area contributed by atoms with Crippen molar-refractivity contribution in [2.45, 2.75) is 19.1 Å². The van der Waals surface area contributed by atoms with Crippen molar-refractivity contribution in [3.8, 4) is 0 Å². The molecule has 7 heteroatoms. The second-order valence-electron chi connectivity index (χ2n) is 2.48. The summed E-state index contributed by atoms with van der Waals surface area (Å²) >= 11 is 0. The first-order chi connectivity index (χ1) is 6.93. The summed E-state index contributed by atoms with van der Waals surface area (Å²) < 4.78 is 62.5. The van der Waals surface area contributed by atoms with Crippen LogP contribution in [0.3, 0.4) is 0 Å². The molecule has 0 saturated heterocycles. The first-order valence-electron chi connectivity index (χ1n) is 3.94. The Bertz CT molecular complexity index is 243. The smallest absolute Gasteiger partial charge is 0.301 e. The molecule has 0 aromatic carbocycles. The van der Waals surface area contributed by atoms with Crippen molar-refractivity contribution in [3.05, 3.63) is 24.1 Å². The lowest BCUT2D eigenvalue weighted by atomic mass is 10.4. The van der Waals surface area contributed by atoms with Crippen LogP contribution < -0.4 is 0 Å². The lowest BCUT2D eigenvalue weighted by molar-refractivity contribution is -0.0990. The van der Waals surface area contributed by atoms with Gasteiger partial charge in [0.25, 0.3) is 6.08 Å². The highest BCUT2D eigenvalue weighted by Gasteiger charge is 2.12. The van der Waals surface area contributed by atoms with Gasteiger partial charge in [-0.2, -0.15) is 17.6 Å². The summed E-state index contributed by atoms with van der Waals surface area (Å²) in [6, 6.07) is 0. The summed E-state index contributed by atoms with van der Waals surface area (Å²) in [5.41, 5.74) is 0. The zero-order valence-electron chi connectivity index (χ0n) is 7.52. The number of ether oxygens (including phenoxy) is 1. The van der Waals surface area contributed by atoms with Crippen molar-refractivity contribution in [1.29, 1.82) is 0 Å². The van der Waals surface area contributed by atoms with Gasteiger partial charge in [0.2, 0.25) is 0 Å². The minimum Gasteiger partial charge on any atom is -0.368 e. The van der Waals surface area contributed by atoms with Crippen molar-refractivity contribution >= 4 is 0 Å². The van der Waals surface area contributed by atoms with Crippen LogP contribution >= 0.6 is 0 Å². The highest BCUT2D eigenvalue weighted by Crippen LogP contribution is 2.15. The van der Waals surface area contributed by atoms with Crippen LogP contribution in [0, 0.1) is 0 Å². The minimum absolute atomic E-state index is 0.192. The molecule has 1 N–H and O–H groups in total. The van der Waals surface area contributed by atoms with Gasteiger partial charge in [-0.1, -0.05) is 0 Å². The molecule has 0 aliphatic carbocycles. The SMILES string of the molecule is OC(CC(F)=C(F)F)OCCC=C(F)F.